The van der Waals surface area contributed by atoms with E-state index in [9.17, 15) is 14.0 Å². The predicted molar refractivity (Wildman–Crippen MR) is 179 cm³/mol. The number of para-hydroxylation sites is 1. The third-order valence-corrected chi connectivity index (χ3v) is 5.71. The summed E-state index contributed by atoms with van der Waals surface area (Å²) in [5, 5.41) is 18.1. The molecule has 8 heteroatoms. The van der Waals surface area contributed by atoms with Gasteiger partial charge in [0, 0.05) is 44.1 Å². The van der Waals surface area contributed by atoms with Crippen molar-refractivity contribution < 1.29 is 28.9 Å². The van der Waals surface area contributed by atoms with E-state index in [1.165, 1.54) is 26.2 Å². The van der Waals surface area contributed by atoms with Crippen LogP contribution in [0.5, 0.6) is 0 Å². The van der Waals surface area contributed by atoms with E-state index < -0.39 is 0 Å². The van der Waals surface area contributed by atoms with Crippen LogP contribution in [-0.2, 0) is 16.6 Å². The molecule has 240 valence electrons. The lowest BCUT2D eigenvalue weighted by Gasteiger charge is -2.13. The Bertz CT molecular complexity index is 1360. The first-order valence-electron chi connectivity index (χ1n) is 14.6. The fraction of sp³-hybridized carbons (Fsp3) is 0.333. The Morgan fingerprint density at radius 2 is 1.25 bits per heavy atom. The van der Waals surface area contributed by atoms with E-state index in [0.717, 1.165) is 40.9 Å². The van der Waals surface area contributed by atoms with Gasteiger partial charge in [0.05, 0.1) is 18.4 Å². The van der Waals surface area contributed by atoms with Gasteiger partial charge in [0.25, 0.3) is 5.91 Å². The molecule has 0 saturated carbocycles. The van der Waals surface area contributed by atoms with Gasteiger partial charge in [0.15, 0.2) is 0 Å². The van der Waals surface area contributed by atoms with Crippen molar-refractivity contribution in [3.8, 4) is 22.4 Å². The van der Waals surface area contributed by atoms with Crippen LogP contribution < -0.4 is 5.32 Å². The fourth-order valence-electron chi connectivity index (χ4n) is 4.15. The minimum absolute atomic E-state index is 0.109. The maximum absolute atomic E-state index is 13.6. The van der Waals surface area contributed by atoms with Crippen LogP contribution in [0.2, 0.25) is 0 Å². The minimum atomic E-state index is -0.287. The first-order valence-corrected chi connectivity index (χ1v) is 14.6. The van der Waals surface area contributed by atoms with Gasteiger partial charge in [-0.15, -0.1) is 0 Å². The summed E-state index contributed by atoms with van der Waals surface area (Å²) in [5.41, 5.74) is 5.89. The number of amides is 1. The summed E-state index contributed by atoms with van der Waals surface area (Å²) in [6, 6.07) is 25.8. The number of hydrogen-bond donors (Lipinski definition) is 3. The quantitative estimate of drug-likeness (QED) is 0.199. The number of carbonyl (C=O) groups is 2. The number of halogens is 1. The minimum Gasteiger partial charge on any atom is -0.469 e. The van der Waals surface area contributed by atoms with Gasteiger partial charge in [-0.25, -0.2) is 4.39 Å². The van der Waals surface area contributed by atoms with Gasteiger partial charge in [-0.3, -0.25) is 9.59 Å². The van der Waals surface area contributed by atoms with Crippen molar-refractivity contribution in [1.82, 2.24) is 4.57 Å². The van der Waals surface area contributed by atoms with Gasteiger partial charge >= 0.3 is 5.97 Å². The molecule has 0 fully saturated rings. The van der Waals surface area contributed by atoms with Crippen LogP contribution in [0, 0.1) is 5.82 Å². The first-order chi connectivity index (χ1) is 21.0. The zero-order chi connectivity index (χ0) is 33.8. The molecule has 0 saturated heterocycles. The number of ether oxygens (including phenoxy) is 1. The molecule has 0 bridgehead atoms. The fourth-order valence-corrected chi connectivity index (χ4v) is 4.15. The molecule has 0 aliphatic rings. The van der Waals surface area contributed by atoms with E-state index >= 15 is 0 Å². The van der Waals surface area contributed by atoms with Crippen LogP contribution in [0.4, 0.5) is 10.1 Å². The van der Waals surface area contributed by atoms with E-state index in [2.05, 4.69) is 28.5 Å². The van der Waals surface area contributed by atoms with E-state index in [1.807, 2.05) is 81.6 Å². The second-order valence-corrected chi connectivity index (χ2v) is 9.68. The molecule has 4 rings (SSSR count). The molecule has 0 unspecified atom stereocenters. The lowest BCUT2D eigenvalue weighted by atomic mass is 9.94. The monoisotopic (exact) mass is 608 g/mol. The third kappa shape index (κ3) is 12.5. The Balaban J connectivity index is 0.00000122. The number of aliphatic hydroxyl groups excluding tert-OH is 2. The molecule has 44 heavy (non-hydrogen) atoms. The summed E-state index contributed by atoms with van der Waals surface area (Å²) in [5.74, 6) is -0.578. The van der Waals surface area contributed by atoms with Gasteiger partial charge in [-0.2, -0.15) is 0 Å². The third-order valence-electron chi connectivity index (χ3n) is 5.71. The average molecular weight is 609 g/mol. The standard InChI is InChI=1S/C27H25FN2O.C3H6O2.C3H8O.C2H6.CH4O/c1-18(2)25-24(27(31)29-22-12-8-5-9-13-22)23(19-10-6-4-7-11-19)26(30(25)3)20-14-16-21(28)17-15-20;1-3(4)5-2;1-3(2)4;2*1-2/h4-18H,1-3H3,(H,29,31);1-2H3;3-4H,1-2H3;1-2H3;2H,1H3. The molecule has 3 aromatic carbocycles. The van der Waals surface area contributed by atoms with Crippen LogP contribution in [-0.4, -0.2) is 47.0 Å². The molecule has 3 N–H and O–H groups in total. The van der Waals surface area contributed by atoms with Crippen LogP contribution >= 0.6 is 0 Å². The number of aromatic nitrogens is 1. The Labute approximate surface area is 262 Å². The van der Waals surface area contributed by atoms with Gasteiger partial charge in [-0.1, -0.05) is 76.2 Å². The number of hydrogen-bond acceptors (Lipinski definition) is 5. The van der Waals surface area contributed by atoms with Crippen molar-refractivity contribution in [3.63, 3.8) is 0 Å². The molecule has 0 radical (unpaired) electrons. The lowest BCUT2D eigenvalue weighted by molar-refractivity contribution is -0.137. The smallest absolute Gasteiger partial charge is 0.302 e. The Morgan fingerprint density at radius 1 is 0.818 bits per heavy atom. The highest BCUT2D eigenvalue weighted by Crippen LogP contribution is 2.41. The highest BCUT2D eigenvalue weighted by atomic mass is 19.1. The summed E-state index contributed by atoms with van der Waals surface area (Å²) < 4.78 is 19.8. The number of aliphatic hydroxyl groups is 2. The van der Waals surface area contributed by atoms with Crippen LogP contribution in [0.3, 0.4) is 0 Å². The van der Waals surface area contributed by atoms with E-state index in [-0.39, 0.29) is 29.7 Å². The average Bonchev–Trinajstić information content (AvgIpc) is 3.33. The SMILES string of the molecule is CC.CC(C)O.CC(C)c1c(C(=O)Nc2ccccc2)c(-c2ccccc2)c(-c2ccc(F)cc2)n1C.CO.COC(C)=O. The normalized spacial score (nSPS) is 9.61. The molecule has 0 atom stereocenters. The van der Waals surface area contributed by atoms with Crippen molar-refractivity contribution in [2.24, 2.45) is 7.05 Å². The number of nitrogens with zero attached hydrogens (tertiary/aromatic N) is 1. The molecule has 0 spiro atoms. The molecule has 1 aromatic heterocycles. The molecule has 0 aliphatic heterocycles. The zero-order valence-electron chi connectivity index (χ0n) is 27.7. The highest BCUT2D eigenvalue weighted by Gasteiger charge is 2.29. The number of esters is 1. The predicted octanol–water partition coefficient (Wildman–Crippen LogP) is 8.08. The Morgan fingerprint density at radius 3 is 1.66 bits per heavy atom. The largest absolute Gasteiger partial charge is 0.469 e. The zero-order valence-corrected chi connectivity index (χ0v) is 27.7. The number of nitrogens with one attached hydrogen (secondary N) is 1. The summed E-state index contributed by atoms with van der Waals surface area (Å²) in [4.78, 5) is 23.2. The van der Waals surface area contributed by atoms with Crippen molar-refractivity contribution >= 4 is 17.6 Å². The van der Waals surface area contributed by atoms with Crippen LogP contribution in [0.15, 0.2) is 84.9 Å². The molecule has 1 heterocycles. The van der Waals surface area contributed by atoms with E-state index in [1.54, 1.807) is 26.0 Å². The van der Waals surface area contributed by atoms with E-state index in [4.69, 9.17) is 10.2 Å². The van der Waals surface area contributed by atoms with Crippen molar-refractivity contribution in [3.05, 3.63) is 102 Å². The molecule has 0 aliphatic carbocycles. The van der Waals surface area contributed by atoms with Crippen molar-refractivity contribution in [1.29, 1.82) is 0 Å². The molecule has 1 amide bonds. The number of carbonyl (C=O) groups excluding carboxylic acids is 2. The number of benzene rings is 3. The van der Waals surface area contributed by atoms with Crippen molar-refractivity contribution in [2.75, 3.05) is 19.5 Å². The molecular formula is C36H49FN2O5. The number of methoxy groups -OCH3 is 1. The Kier molecular flexibility index (Phi) is 19.3. The van der Waals surface area contributed by atoms with Crippen LogP contribution in [0.1, 0.15) is 70.4 Å². The number of rotatable bonds is 5. The first kappa shape index (κ1) is 39.7. The van der Waals surface area contributed by atoms with Crippen LogP contribution in [0.25, 0.3) is 22.4 Å². The highest BCUT2D eigenvalue weighted by molar-refractivity contribution is 6.12. The summed E-state index contributed by atoms with van der Waals surface area (Å²) >= 11 is 0. The van der Waals surface area contributed by atoms with E-state index in [0.29, 0.717) is 5.56 Å². The number of anilines is 1. The molecule has 4 aromatic rings. The van der Waals surface area contributed by atoms with Crippen molar-refractivity contribution in [2.45, 2.75) is 60.5 Å². The summed E-state index contributed by atoms with van der Waals surface area (Å²) in [7, 11) is 4.32. The lowest BCUT2D eigenvalue weighted by Crippen LogP contribution is -2.15. The van der Waals surface area contributed by atoms with Gasteiger partial charge < -0.3 is 24.8 Å². The van der Waals surface area contributed by atoms with Gasteiger partial charge in [0.2, 0.25) is 0 Å². The maximum Gasteiger partial charge on any atom is 0.302 e. The second kappa shape index (κ2) is 21.4. The topological polar surface area (TPSA) is 101 Å². The summed E-state index contributed by atoms with van der Waals surface area (Å²) in [6.45, 7) is 13.0. The van der Waals surface area contributed by atoms with Gasteiger partial charge in [-0.05, 0) is 67.3 Å². The summed E-state index contributed by atoms with van der Waals surface area (Å²) in [6.07, 6.45) is -0.167. The molecular weight excluding hydrogens is 559 g/mol. The molecule has 7 nitrogen and oxygen atoms in total. The second-order valence-electron chi connectivity index (χ2n) is 9.68. The van der Waals surface area contributed by atoms with Gasteiger partial charge in [0.1, 0.15) is 5.82 Å². The maximum atomic E-state index is 13.6. The Hall–Kier alpha value is -4.27.